The predicted molar refractivity (Wildman–Crippen MR) is 78.2 cm³/mol. The molecule has 0 aromatic heterocycles. The van der Waals surface area contributed by atoms with E-state index >= 15 is 0 Å². The lowest BCUT2D eigenvalue weighted by Crippen LogP contribution is -2.28. The molecule has 0 spiro atoms. The summed E-state index contributed by atoms with van der Waals surface area (Å²) in [5, 5.41) is 2.41. The van der Waals surface area contributed by atoms with E-state index in [0.29, 0.717) is 13.0 Å². The van der Waals surface area contributed by atoms with E-state index in [9.17, 15) is 18.0 Å². The first-order valence-electron chi connectivity index (χ1n) is 6.72. The maximum Gasteiger partial charge on any atom is 0.416 e. The number of halogens is 3. The molecule has 0 radical (unpaired) electrons. The molecule has 122 valence electrons. The highest BCUT2D eigenvalue weighted by molar-refractivity contribution is 5.94. The van der Waals surface area contributed by atoms with Gasteiger partial charge in [0.1, 0.15) is 6.10 Å². The molecule has 0 aliphatic carbocycles. The number of hydrogen-bond donors (Lipinski definition) is 2. The van der Waals surface area contributed by atoms with Crippen LogP contribution in [-0.4, -0.2) is 18.6 Å². The van der Waals surface area contributed by atoms with E-state index in [1.165, 1.54) is 13.0 Å². The number of rotatable bonds is 7. The number of alkyl halides is 3. The summed E-state index contributed by atoms with van der Waals surface area (Å²) in [4.78, 5) is 11.9. The Bertz CT molecular complexity index is 530. The normalized spacial score (nSPS) is 12.8. The zero-order valence-corrected chi connectivity index (χ0v) is 12.2. The minimum Gasteiger partial charge on any atom is -0.368 e. The zero-order valence-electron chi connectivity index (χ0n) is 12.2. The highest BCUT2D eigenvalue weighted by Gasteiger charge is 2.31. The summed E-state index contributed by atoms with van der Waals surface area (Å²) >= 11 is 0. The Morgan fingerprint density at radius 1 is 1.45 bits per heavy atom. The Morgan fingerprint density at radius 3 is 2.68 bits per heavy atom. The fraction of sp³-hybridized carbons (Fsp3) is 0.400. The third-order valence-corrected chi connectivity index (χ3v) is 2.88. The number of ether oxygens (including phenoxy) is 1. The van der Waals surface area contributed by atoms with Crippen LogP contribution < -0.4 is 11.1 Å². The second-order valence-corrected chi connectivity index (χ2v) is 4.70. The number of nitrogens with two attached hydrogens (primary N) is 1. The Hall–Kier alpha value is -1.86. The van der Waals surface area contributed by atoms with E-state index < -0.39 is 23.8 Å². The Labute approximate surface area is 127 Å². The van der Waals surface area contributed by atoms with Gasteiger partial charge in [0.25, 0.3) is 5.91 Å². The molecule has 0 fully saturated rings. The first-order valence-corrected chi connectivity index (χ1v) is 6.72. The number of hydrogen-bond acceptors (Lipinski definition) is 3. The van der Waals surface area contributed by atoms with Crippen LogP contribution in [0.15, 0.2) is 30.9 Å². The van der Waals surface area contributed by atoms with Crippen molar-refractivity contribution >= 4 is 11.6 Å². The quantitative estimate of drug-likeness (QED) is 0.600. The second kappa shape index (κ2) is 7.95. The average molecular weight is 316 g/mol. The minimum absolute atomic E-state index is 0.0412. The predicted octanol–water partition coefficient (Wildman–Crippen LogP) is 3.08. The maximum atomic E-state index is 12.8. The number of carbonyl (C=O) groups is 1. The summed E-state index contributed by atoms with van der Waals surface area (Å²) in [7, 11) is 0. The van der Waals surface area contributed by atoms with Crippen LogP contribution in [0.5, 0.6) is 0 Å². The van der Waals surface area contributed by atoms with Crippen LogP contribution in [0.3, 0.4) is 0 Å². The Kier molecular flexibility index (Phi) is 6.58. The lowest BCUT2D eigenvalue weighted by Gasteiger charge is -2.15. The van der Waals surface area contributed by atoms with Crippen molar-refractivity contribution in [2.45, 2.75) is 32.2 Å². The summed E-state index contributed by atoms with van der Waals surface area (Å²) in [6.07, 6.45) is -3.06. The molecule has 3 N–H and O–H groups in total. The standard InChI is InChI=1S/C15H19F3N2O2/c1-3-4-5-22-10(2)14(21)20-13-7-11(9-19)6-12(8-13)15(16,17)18/h3,6-8,10H,1,4-5,9,19H2,2H3,(H,20,21). The molecule has 0 saturated carbocycles. The second-order valence-electron chi connectivity index (χ2n) is 4.70. The number of nitrogens with one attached hydrogen (secondary N) is 1. The third kappa shape index (κ3) is 5.50. The van der Waals surface area contributed by atoms with Crippen LogP contribution in [0, 0.1) is 0 Å². The average Bonchev–Trinajstić information content (AvgIpc) is 2.46. The largest absolute Gasteiger partial charge is 0.416 e. The van der Waals surface area contributed by atoms with Gasteiger partial charge in [-0.1, -0.05) is 6.08 Å². The third-order valence-electron chi connectivity index (χ3n) is 2.88. The van der Waals surface area contributed by atoms with Gasteiger partial charge in [-0.15, -0.1) is 6.58 Å². The van der Waals surface area contributed by atoms with E-state index in [1.54, 1.807) is 6.08 Å². The van der Waals surface area contributed by atoms with Gasteiger partial charge in [-0.05, 0) is 37.1 Å². The van der Waals surface area contributed by atoms with Gasteiger partial charge in [0.05, 0.1) is 12.2 Å². The molecule has 1 unspecified atom stereocenters. The molecule has 0 aliphatic rings. The number of anilines is 1. The molecule has 0 heterocycles. The van der Waals surface area contributed by atoms with Gasteiger partial charge in [-0.2, -0.15) is 13.2 Å². The molecule has 0 saturated heterocycles. The summed E-state index contributed by atoms with van der Waals surface area (Å²) in [6.45, 7) is 5.30. The fourth-order valence-corrected chi connectivity index (χ4v) is 1.69. The van der Waals surface area contributed by atoms with Crippen molar-refractivity contribution in [3.8, 4) is 0 Å². The topological polar surface area (TPSA) is 64.3 Å². The minimum atomic E-state index is -4.50. The number of amides is 1. The molecular weight excluding hydrogens is 297 g/mol. The zero-order chi connectivity index (χ0) is 16.8. The molecule has 4 nitrogen and oxygen atoms in total. The van der Waals surface area contributed by atoms with Gasteiger partial charge in [0.15, 0.2) is 0 Å². The molecule has 1 amide bonds. The van der Waals surface area contributed by atoms with Crippen LogP contribution in [-0.2, 0) is 22.3 Å². The van der Waals surface area contributed by atoms with Crippen LogP contribution in [0.4, 0.5) is 18.9 Å². The molecule has 0 bridgehead atoms. The van der Waals surface area contributed by atoms with Crippen LogP contribution in [0.1, 0.15) is 24.5 Å². The van der Waals surface area contributed by atoms with Gasteiger partial charge in [-0.3, -0.25) is 4.79 Å². The molecule has 1 aromatic carbocycles. The molecular formula is C15H19F3N2O2. The first-order chi connectivity index (χ1) is 10.3. The van der Waals surface area contributed by atoms with Crippen molar-refractivity contribution in [1.29, 1.82) is 0 Å². The first kappa shape index (κ1) is 18.2. The van der Waals surface area contributed by atoms with Gasteiger partial charge in [0.2, 0.25) is 0 Å². The molecule has 0 aliphatic heterocycles. The summed E-state index contributed by atoms with van der Waals surface area (Å²) in [6, 6.07) is 3.23. The summed E-state index contributed by atoms with van der Waals surface area (Å²) in [5.74, 6) is -0.522. The highest BCUT2D eigenvalue weighted by Crippen LogP contribution is 2.32. The van der Waals surface area contributed by atoms with Crippen molar-refractivity contribution in [1.82, 2.24) is 0 Å². The van der Waals surface area contributed by atoms with E-state index in [-0.39, 0.29) is 17.8 Å². The molecule has 1 rings (SSSR count). The summed E-state index contributed by atoms with van der Waals surface area (Å²) in [5.41, 5.74) is 4.86. The van der Waals surface area contributed by atoms with Crippen molar-refractivity contribution < 1.29 is 22.7 Å². The van der Waals surface area contributed by atoms with Gasteiger partial charge in [0, 0.05) is 12.2 Å². The molecule has 1 atom stereocenters. The number of carbonyl (C=O) groups excluding carboxylic acids is 1. The molecule has 1 aromatic rings. The van der Waals surface area contributed by atoms with Gasteiger partial charge in [-0.25, -0.2) is 0 Å². The van der Waals surface area contributed by atoms with Crippen molar-refractivity contribution in [2.75, 3.05) is 11.9 Å². The monoisotopic (exact) mass is 316 g/mol. The van der Waals surface area contributed by atoms with E-state index in [1.807, 2.05) is 0 Å². The Morgan fingerprint density at radius 2 is 2.14 bits per heavy atom. The molecule has 22 heavy (non-hydrogen) atoms. The van der Waals surface area contributed by atoms with Crippen LogP contribution in [0.2, 0.25) is 0 Å². The van der Waals surface area contributed by atoms with Crippen molar-refractivity contribution in [2.24, 2.45) is 5.73 Å². The fourth-order valence-electron chi connectivity index (χ4n) is 1.69. The Balaban J connectivity index is 2.83. The van der Waals surface area contributed by atoms with Gasteiger partial charge >= 0.3 is 6.18 Å². The maximum absolute atomic E-state index is 12.8. The lowest BCUT2D eigenvalue weighted by atomic mass is 10.1. The highest BCUT2D eigenvalue weighted by atomic mass is 19.4. The van der Waals surface area contributed by atoms with E-state index in [2.05, 4.69) is 11.9 Å². The van der Waals surface area contributed by atoms with Crippen LogP contribution in [0.25, 0.3) is 0 Å². The SMILES string of the molecule is C=CCCOC(C)C(=O)Nc1cc(CN)cc(C(F)(F)F)c1. The number of benzene rings is 1. The molecule has 7 heteroatoms. The smallest absolute Gasteiger partial charge is 0.368 e. The lowest BCUT2D eigenvalue weighted by molar-refractivity contribution is -0.137. The van der Waals surface area contributed by atoms with E-state index in [4.69, 9.17) is 10.5 Å². The van der Waals surface area contributed by atoms with E-state index in [0.717, 1.165) is 12.1 Å². The van der Waals surface area contributed by atoms with Crippen LogP contribution >= 0.6 is 0 Å². The van der Waals surface area contributed by atoms with Gasteiger partial charge < -0.3 is 15.8 Å². The summed E-state index contributed by atoms with van der Waals surface area (Å²) < 4.78 is 43.6. The van der Waals surface area contributed by atoms with Crippen molar-refractivity contribution in [3.05, 3.63) is 42.0 Å². The van der Waals surface area contributed by atoms with Crippen molar-refractivity contribution in [3.63, 3.8) is 0 Å².